The van der Waals surface area contributed by atoms with Gasteiger partial charge in [0.25, 0.3) is 5.91 Å². The maximum atomic E-state index is 11.8. The largest absolute Gasteiger partial charge is 0.454 e. The van der Waals surface area contributed by atoms with Crippen molar-refractivity contribution in [2.45, 2.75) is 13.3 Å². The van der Waals surface area contributed by atoms with E-state index in [0.717, 1.165) is 6.42 Å². The van der Waals surface area contributed by atoms with Crippen molar-refractivity contribution in [3.8, 4) is 11.5 Å². The van der Waals surface area contributed by atoms with Gasteiger partial charge in [0.15, 0.2) is 11.5 Å². The first-order valence-corrected chi connectivity index (χ1v) is 5.60. The van der Waals surface area contributed by atoms with Gasteiger partial charge in [-0.3, -0.25) is 4.79 Å². The number of nitrogens with one attached hydrogen (secondary N) is 1. The minimum absolute atomic E-state index is 0.0900. The van der Waals surface area contributed by atoms with Crippen LogP contribution in [-0.4, -0.2) is 19.2 Å². The molecule has 0 aliphatic carbocycles. The minimum atomic E-state index is -0.0900. The van der Waals surface area contributed by atoms with Gasteiger partial charge in [0.1, 0.15) is 0 Å². The Hall–Kier alpha value is -1.97. The van der Waals surface area contributed by atoms with E-state index in [1.54, 1.807) is 18.2 Å². The molecule has 17 heavy (non-hydrogen) atoms. The monoisotopic (exact) mass is 233 g/mol. The number of benzene rings is 1. The third kappa shape index (κ3) is 2.78. The Morgan fingerprint density at radius 3 is 3.06 bits per heavy atom. The predicted octanol–water partition coefficient (Wildman–Crippen LogP) is 2.11. The maximum Gasteiger partial charge on any atom is 0.251 e. The molecule has 0 fully saturated rings. The first kappa shape index (κ1) is 11.5. The summed E-state index contributed by atoms with van der Waals surface area (Å²) in [5.74, 6) is 1.23. The molecule has 0 aromatic heterocycles. The summed E-state index contributed by atoms with van der Waals surface area (Å²) in [7, 11) is 0. The molecule has 0 unspecified atom stereocenters. The number of allylic oxidation sites excluding steroid dienone is 1. The quantitative estimate of drug-likeness (QED) is 0.640. The number of rotatable bonds is 4. The van der Waals surface area contributed by atoms with Crippen LogP contribution in [0.25, 0.3) is 0 Å². The molecular weight excluding hydrogens is 218 g/mol. The van der Waals surface area contributed by atoms with Crippen LogP contribution in [0.2, 0.25) is 0 Å². The first-order valence-electron chi connectivity index (χ1n) is 5.60. The lowest BCUT2D eigenvalue weighted by molar-refractivity contribution is 0.0954. The van der Waals surface area contributed by atoms with Crippen molar-refractivity contribution in [3.05, 3.63) is 35.9 Å². The molecule has 4 nitrogen and oxygen atoms in total. The van der Waals surface area contributed by atoms with Crippen LogP contribution in [0.3, 0.4) is 0 Å². The summed E-state index contributed by atoms with van der Waals surface area (Å²) >= 11 is 0. The van der Waals surface area contributed by atoms with Crippen molar-refractivity contribution in [1.29, 1.82) is 0 Å². The Labute approximate surface area is 100 Å². The molecule has 2 rings (SSSR count). The molecule has 1 heterocycles. The zero-order valence-corrected chi connectivity index (χ0v) is 9.73. The second kappa shape index (κ2) is 5.39. The first-order chi connectivity index (χ1) is 8.31. The predicted molar refractivity (Wildman–Crippen MR) is 64.3 cm³/mol. The summed E-state index contributed by atoms with van der Waals surface area (Å²) in [5.41, 5.74) is 0.592. The van der Waals surface area contributed by atoms with Crippen LogP contribution in [0.1, 0.15) is 23.7 Å². The maximum absolute atomic E-state index is 11.8. The molecule has 0 radical (unpaired) electrons. The third-order valence-electron chi connectivity index (χ3n) is 2.47. The van der Waals surface area contributed by atoms with Crippen molar-refractivity contribution in [1.82, 2.24) is 5.32 Å². The van der Waals surface area contributed by atoms with Crippen LogP contribution in [0.4, 0.5) is 0 Å². The third-order valence-corrected chi connectivity index (χ3v) is 2.47. The van der Waals surface area contributed by atoms with E-state index in [1.165, 1.54) is 0 Å². The van der Waals surface area contributed by atoms with E-state index in [2.05, 4.69) is 5.32 Å². The standard InChI is InChI=1S/C13H15NO3/c1-2-3-4-7-14-13(15)10-5-6-11-12(8-10)17-9-16-11/h2-3,5-6,8H,4,7,9H2,1H3,(H,14,15)/b3-2+. The molecule has 1 aromatic carbocycles. The van der Waals surface area contributed by atoms with Crippen molar-refractivity contribution < 1.29 is 14.3 Å². The number of carbonyl (C=O) groups is 1. The zero-order valence-electron chi connectivity index (χ0n) is 9.73. The highest BCUT2D eigenvalue weighted by Gasteiger charge is 2.15. The summed E-state index contributed by atoms with van der Waals surface area (Å²) in [6.45, 7) is 2.82. The van der Waals surface area contributed by atoms with Gasteiger partial charge in [-0.1, -0.05) is 12.2 Å². The molecule has 0 saturated carbocycles. The van der Waals surface area contributed by atoms with Crippen LogP contribution < -0.4 is 14.8 Å². The van der Waals surface area contributed by atoms with Gasteiger partial charge in [0, 0.05) is 12.1 Å². The van der Waals surface area contributed by atoms with Crippen LogP contribution in [0, 0.1) is 0 Å². The summed E-state index contributed by atoms with van der Waals surface area (Å²) in [5, 5.41) is 2.84. The molecule has 1 aliphatic rings. The van der Waals surface area contributed by atoms with Gasteiger partial charge < -0.3 is 14.8 Å². The second-order valence-electron chi connectivity index (χ2n) is 3.68. The number of amides is 1. The van der Waals surface area contributed by atoms with E-state index in [4.69, 9.17) is 9.47 Å². The molecule has 1 amide bonds. The lowest BCUT2D eigenvalue weighted by Crippen LogP contribution is -2.23. The average Bonchev–Trinajstić information content (AvgIpc) is 2.81. The van der Waals surface area contributed by atoms with E-state index in [9.17, 15) is 4.79 Å². The van der Waals surface area contributed by atoms with Crippen LogP contribution >= 0.6 is 0 Å². The fourth-order valence-electron chi connectivity index (χ4n) is 1.58. The molecule has 1 aromatic rings. The molecule has 0 bridgehead atoms. The number of hydrogen-bond acceptors (Lipinski definition) is 3. The summed E-state index contributed by atoms with van der Waals surface area (Å²) in [6, 6.07) is 5.19. The van der Waals surface area contributed by atoms with Crippen LogP contribution in [-0.2, 0) is 0 Å². The fraction of sp³-hybridized carbons (Fsp3) is 0.308. The highest BCUT2D eigenvalue weighted by Crippen LogP contribution is 2.32. The van der Waals surface area contributed by atoms with Crippen molar-refractivity contribution in [2.24, 2.45) is 0 Å². The van der Waals surface area contributed by atoms with Gasteiger partial charge in [0.2, 0.25) is 6.79 Å². The van der Waals surface area contributed by atoms with Gasteiger partial charge in [-0.15, -0.1) is 0 Å². The highest BCUT2D eigenvalue weighted by atomic mass is 16.7. The fourth-order valence-corrected chi connectivity index (χ4v) is 1.58. The number of carbonyl (C=O) groups excluding carboxylic acids is 1. The van der Waals surface area contributed by atoms with Gasteiger partial charge in [0.05, 0.1) is 0 Å². The van der Waals surface area contributed by atoms with E-state index < -0.39 is 0 Å². The molecule has 4 heteroatoms. The summed E-state index contributed by atoms with van der Waals surface area (Å²) in [4.78, 5) is 11.8. The molecular formula is C13H15NO3. The van der Waals surface area contributed by atoms with Gasteiger partial charge in [-0.05, 0) is 31.5 Å². The SMILES string of the molecule is C/C=C/CCNC(=O)c1ccc2c(c1)OCO2. The van der Waals surface area contributed by atoms with Crippen LogP contribution in [0.5, 0.6) is 11.5 Å². The van der Waals surface area contributed by atoms with Crippen LogP contribution in [0.15, 0.2) is 30.4 Å². The Balaban J connectivity index is 1.95. The number of hydrogen-bond donors (Lipinski definition) is 1. The molecule has 90 valence electrons. The minimum Gasteiger partial charge on any atom is -0.454 e. The van der Waals surface area contributed by atoms with Gasteiger partial charge in [-0.2, -0.15) is 0 Å². The normalized spacial score (nSPS) is 13.0. The lowest BCUT2D eigenvalue weighted by Gasteiger charge is -2.04. The Kier molecular flexibility index (Phi) is 3.65. The summed E-state index contributed by atoms with van der Waals surface area (Å²) < 4.78 is 10.4. The van der Waals surface area contributed by atoms with E-state index in [-0.39, 0.29) is 12.7 Å². The topological polar surface area (TPSA) is 47.6 Å². The van der Waals surface area contributed by atoms with Crippen molar-refractivity contribution in [2.75, 3.05) is 13.3 Å². The van der Waals surface area contributed by atoms with E-state index in [1.807, 2.05) is 19.1 Å². The smallest absolute Gasteiger partial charge is 0.251 e. The van der Waals surface area contributed by atoms with E-state index >= 15 is 0 Å². The van der Waals surface area contributed by atoms with Gasteiger partial charge in [-0.25, -0.2) is 0 Å². The lowest BCUT2D eigenvalue weighted by atomic mass is 10.2. The molecule has 0 saturated heterocycles. The Bertz CT molecular complexity index is 440. The van der Waals surface area contributed by atoms with E-state index in [0.29, 0.717) is 23.6 Å². The Morgan fingerprint density at radius 1 is 1.41 bits per heavy atom. The highest BCUT2D eigenvalue weighted by molar-refractivity contribution is 5.94. The van der Waals surface area contributed by atoms with Crippen molar-refractivity contribution >= 4 is 5.91 Å². The Morgan fingerprint density at radius 2 is 2.24 bits per heavy atom. The number of fused-ring (bicyclic) bond motifs is 1. The summed E-state index contributed by atoms with van der Waals surface area (Å²) in [6.07, 6.45) is 4.82. The second-order valence-corrected chi connectivity index (χ2v) is 3.68. The molecule has 1 aliphatic heterocycles. The average molecular weight is 233 g/mol. The van der Waals surface area contributed by atoms with Gasteiger partial charge >= 0.3 is 0 Å². The zero-order chi connectivity index (χ0) is 12.1. The molecule has 0 atom stereocenters. The van der Waals surface area contributed by atoms with Crippen molar-refractivity contribution in [3.63, 3.8) is 0 Å². The number of ether oxygens (including phenoxy) is 2. The molecule has 0 spiro atoms. The molecule has 1 N–H and O–H groups in total.